The minimum absolute atomic E-state index is 0.0519. The lowest BCUT2D eigenvalue weighted by Gasteiger charge is -2.01. The Morgan fingerprint density at radius 3 is 2.73 bits per heavy atom. The number of nitrogens with one attached hydrogen (secondary N) is 2. The van der Waals surface area contributed by atoms with Crippen molar-refractivity contribution in [1.29, 1.82) is 0 Å². The molecular weight excluding hydrogens is 144 g/mol. The molecule has 0 aliphatic carbocycles. The summed E-state index contributed by atoms with van der Waals surface area (Å²) in [5, 5.41) is 5.20. The summed E-state index contributed by atoms with van der Waals surface area (Å²) in [5.74, 6) is 0.0519. The third-order valence-corrected chi connectivity index (χ3v) is 1.22. The lowest BCUT2D eigenvalue weighted by Crippen LogP contribution is -2.26. The lowest BCUT2D eigenvalue weighted by molar-refractivity contribution is -0.120. The topological polar surface area (TPSA) is 58.2 Å². The van der Waals surface area contributed by atoms with Crippen molar-refractivity contribution in [2.24, 2.45) is 0 Å². The number of carbonyl (C=O) groups excluding carboxylic acids is 2. The molecule has 0 heterocycles. The number of rotatable bonds is 6. The summed E-state index contributed by atoms with van der Waals surface area (Å²) in [6.45, 7) is 3.06. The fourth-order valence-corrected chi connectivity index (χ4v) is 0.602. The third kappa shape index (κ3) is 6.83. The molecule has 0 aliphatic heterocycles. The molecule has 0 bridgehead atoms. The Kier molecular flexibility index (Phi) is 6.37. The Labute approximate surface area is 66.4 Å². The second-order valence-corrected chi connectivity index (χ2v) is 2.13. The molecule has 4 nitrogen and oxygen atoms in total. The Morgan fingerprint density at radius 2 is 2.18 bits per heavy atom. The van der Waals surface area contributed by atoms with Gasteiger partial charge in [-0.1, -0.05) is 6.92 Å². The minimum Gasteiger partial charge on any atom is -0.359 e. The van der Waals surface area contributed by atoms with Gasteiger partial charge in [-0.2, -0.15) is 0 Å². The zero-order chi connectivity index (χ0) is 8.53. The van der Waals surface area contributed by atoms with Crippen molar-refractivity contribution >= 4 is 12.3 Å². The van der Waals surface area contributed by atoms with Crippen LogP contribution in [0.3, 0.4) is 0 Å². The van der Waals surface area contributed by atoms with Crippen LogP contribution in [0.25, 0.3) is 0 Å². The molecule has 0 fully saturated rings. The first kappa shape index (κ1) is 9.94. The first-order valence-corrected chi connectivity index (χ1v) is 3.75. The van der Waals surface area contributed by atoms with Crippen LogP contribution in [0.4, 0.5) is 0 Å². The SMILES string of the molecule is CCC(=O)NCCCNC=O. The molecule has 0 saturated heterocycles. The molecule has 0 aromatic rings. The van der Waals surface area contributed by atoms with Crippen LogP contribution in [-0.2, 0) is 9.59 Å². The second kappa shape index (κ2) is 7.05. The van der Waals surface area contributed by atoms with E-state index in [0.29, 0.717) is 25.9 Å². The van der Waals surface area contributed by atoms with Gasteiger partial charge < -0.3 is 10.6 Å². The maximum absolute atomic E-state index is 10.6. The van der Waals surface area contributed by atoms with Crippen LogP contribution in [0.5, 0.6) is 0 Å². The molecule has 2 N–H and O–H groups in total. The smallest absolute Gasteiger partial charge is 0.219 e. The van der Waals surface area contributed by atoms with E-state index in [2.05, 4.69) is 10.6 Å². The van der Waals surface area contributed by atoms with Gasteiger partial charge in [0, 0.05) is 19.5 Å². The van der Waals surface area contributed by atoms with Crippen LogP contribution in [-0.4, -0.2) is 25.4 Å². The standard InChI is InChI=1S/C7H14N2O2/c1-2-7(11)9-5-3-4-8-6-10/h6H,2-5H2,1H3,(H,8,10)(H,9,11). The number of hydrogen-bond acceptors (Lipinski definition) is 2. The van der Waals surface area contributed by atoms with E-state index in [1.165, 1.54) is 0 Å². The van der Waals surface area contributed by atoms with E-state index in [9.17, 15) is 9.59 Å². The number of amides is 2. The molecule has 0 aromatic heterocycles. The summed E-state index contributed by atoms with van der Waals surface area (Å²) in [6, 6.07) is 0. The van der Waals surface area contributed by atoms with Crippen molar-refractivity contribution in [2.45, 2.75) is 19.8 Å². The third-order valence-electron chi connectivity index (χ3n) is 1.22. The highest BCUT2D eigenvalue weighted by Gasteiger charge is 1.93. The molecule has 64 valence electrons. The summed E-state index contributed by atoms with van der Waals surface area (Å²) >= 11 is 0. The van der Waals surface area contributed by atoms with Crippen molar-refractivity contribution in [2.75, 3.05) is 13.1 Å². The average molecular weight is 158 g/mol. The largest absolute Gasteiger partial charge is 0.359 e. The van der Waals surface area contributed by atoms with Crippen LogP contribution in [0.1, 0.15) is 19.8 Å². The minimum atomic E-state index is 0.0519. The van der Waals surface area contributed by atoms with E-state index in [1.807, 2.05) is 0 Å². The van der Waals surface area contributed by atoms with Gasteiger partial charge in [0.2, 0.25) is 12.3 Å². The van der Waals surface area contributed by atoms with Gasteiger partial charge in [-0.3, -0.25) is 9.59 Å². The van der Waals surface area contributed by atoms with Gasteiger partial charge in [-0.05, 0) is 6.42 Å². The average Bonchev–Trinajstić information content (AvgIpc) is 2.04. The predicted molar refractivity (Wildman–Crippen MR) is 42.0 cm³/mol. The van der Waals surface area contributed by atoms with Gasteiger partial charge in [0.25, 0.3) is 0 Å². The van der Waals surface area contributed by atoms with Crippen LogP contribution in [0, 0.1) is 0 Å². The van der Waals surface area contributed by atoms with Crippen LogP contribution < -0.4 is 10.6 Å². The normalized spacial score (nSPS) is 8.82. The van der Waals surface area contributed by atoms with Gasteiger partial charge in [-0.15, -0.1) is 0 Å². The fourth-order valence-electron chi connectivity index (χ4n) is 0.602. The molecule has 0 aromatic carbocycles. The van der Waals surface area contributed by atoms with E-state index < -0.39 is 0 Å². The summed E-state index contributed by atoms with van der Waals surface area (Å²) < 4.78 is 0. The van der Waals surface area contributed by atoms with E-state index in [0.717, 1.165) is 6.42 Å². The Morgan fingerprint density at radius 1 is 1.45 bits per heavy atom. The second-order valence-electron chi connectivity index (χ2n) is 2.13. The Bertz CT molecular complexity index is 126. The quantitative estimate of drug-likeness (QED) is 0.410. The van der Waals surface area contributed by atoms with Crippen LogP contribution in [0.2, 0.25) is 0 Å². The zero-order valence-electron chi connectivity index (χ0n) is 6.72. The molecule has 0 aliphatic rings. The van der Waals surface area contributed by atoms with E-state index in [-0.39, 0.29) is 5.91 Å². The molecule has 0 rings (SSSR count). The first-order chi connectivity index (χ1) is 5.31. The van der Waals surface area contributed by atoms with Crippen molar-refractivity contribution in [1.82, 2.24) is 10.6 Å². The predicted octanol–water partition coefficient (Wildman–Crippen LogP) is -0.351. The fraction of sp³-hybridized carbons (Fsp3) is 0.714. The highest BCUT2D eigenvalue weighted by molar-refractivity contribution is 5.75. The molecule has 2 amide bonds. The van der Waals surface area contributed by atoms with E-state index in [1.54, 1.807) is 6.92 Å². The molecular formula is C7H14N2O2. The van der Waals surface area contributed by atoms with Gasteiger partial charge in [0.1, 0.15) is 0 Å². The van der Waals surface area contributed by atoms with Crippen molar-refractivity contribution in [3.8, 4) is 0 Å². The summed E-state index contributed by atoms with van der Waals surface area (Å²) in [6.07, 6.45) is 1.95. The highest BCUT2D eigenvalue weighted by Crippen LogP contribution is 1.76. The van der Waals surface area contributed by atoms with Gasteiger partial charge in [0.15, 0.2) is 0 Å². The molecule has 0 spiro atoms. The highest BCUT2D eigenvalue weighted by atomic mass is 16.1. The molecule has 0 saturated carbocycles. The molecule has 11 heavy (non-hydrogen) atoms. The van der Waals surface area contributed by atoms with Crippen LogP contribution >= 0.6 is 0 Å². The number of carbonyl (C=O) groups is 2. The zero-order valence-corrected chi connectivity index (χ0v) is 6.72. The van der Waals surface area contributed by atoms with E-state index >= 15 is 0 Å². The molecule has 0 unspecified atom stereocenters. The summed E-state index contributed by atoms with van der Waals surface area (Å²) in [5.41, 5.74) is 0. The first-order valence-electron chi connectivity index (χ1n) is 3.75. The van der Waals surface area contributed by atoms with Crippen molar-refractivity contribution in [3.05, 3.63) is 0 Å². The van der Waals surface area contributed by atoms with Crippen molar-refractivity contribution < 1.29 is 9.59 Å². The lowest BCUT2D eigenvalue weighted by atomic mass is 10.4. The monoisotopic (exact) mass is 158 g/mol. The van der Waals surface area contributed by atoms with Gasteiger partial charge in [-0.25, -0.2) is 0 Å². The molecule has 0 atom stereocenters. The summed E-state index contributed by atoms with van der Waals surface area (Å²) in [4.78, 5) is 20.4. The Hall–Kier alpha value is -1.06. The maximum Gasteiger partial charge on any atom is 0.219 e. The number of hydrogen-bond donors (Lipinski definition) is 2. The van der Waals surface area contributed by atoms with Gasteiger partial charge >= 0.3 is 0 Å². The van der Waals surface area contributed by atoms with Gasteiger partial charge in [0.05, 0.1) is 0 Å². The maximum atomic E-state index is 10.6. The van der Waals surface area contributed by atoms with E-state index in [4.69, 9.17) is 0 Å². The van der Waals surface area contributed by atoms with Crippen LogP contribution in [0.15, 0.2) is 0 Å². The molecule has 0 radical (unpaired) electrons. The van der Waals surface area contributed by atoms with Crippen molar-refractivity contribution in [3.63, 3.8) is 0 Å². The molecule has 4 heteroatoms. The summed E-state index contributed by atoms with van der Waals surface area (Å²) in [7, 11) is 0. The Balaban J connectivity index is 3.01.